The highest BCUT2D eigenvalue weighted by atomic mass is 35.5. The van der Waals surface area contributed by atoms with Crippen molar-refractivity contribution < 1.29 is 22.7 Å². The number of sulfonamides is 1. The Morgan fingerprint density at radius 2 is 1.66 bits per heavy atom. The number of likely N-dealkylation sites (tertiary alicyclic amines) is 1. The van der Waals surface area contributed by atoms with Crippen molar-refractivity contribution in [2.24, 2.45) is 0 Å². The van der Waals surface area contributed by atoms with Crippen LogP contribution in [0.1, 0.15) is 29.6 Å². The van der Waals surface area contributed by atoms with Gasteiger partial charge in [0.15, 0.2) is 0 Å². The van der Waals surface area contributed by atoms with Gasteiger partial charge >= 0.3 is 0 Å². The zero-order chi connectivity index (χ0) is 21.0. The van der Waals surface area contributed by atoms with Gasteiger partial charge in [0.05, 0.1) is 30.4 Å². The fourth-order valence-electron chi connectivity index (χ4n) is 3.25. The minimum atomic E-state index is -3.99. The molecule has 1 saturated heterocycles. The summed E-state index contributed by atoms with van der Waals surface area (Å²) in [4.78, 5) is 14.6. The van der Waals surface area contributed by atoms with Crippen LogP contribution in [-0.2, 0) is 10.0 Å². The van der Waals surface area contributed by atoms with Crippen LogP contribution in [0.2, 0.25) is 5.02 Å². The van der Waals surface area contributed by atoms with Crippen molar-refractivity contribution in [3.63, 3.8) is 0 Å². The van der Waals surface area contributed by atoms with E-state index in [4.69, 9.17) is 21.1 Å². The second kappa shape index (κ2) is 8.92. The van der Waals surface area contributed by atoms with E-state index in [1.165, 1.54) is 38.5 Å². The maximum Gasteiger partial charge on any atom is 0.262 e. The van der Waals surface area contributed by atoms with Crippen LogP contribution in [0.15, 0.2) is 41.3 Å². The van der Waals surface area contributed by atoms with Crippen molar-refractivity contribution >= 4 is 33.2 Å². The first kappa shape index (κ1) is 21.3. The lowest BCUT2D eigenvalue weighted by Gasteiger charge is -2.27. The standard InChI is InChI=1S/C20H23ClN2O5S/c1-27-18-9-7-15(13-16(18)20(24)23-10-4-3-5-11-23)29(25,26)22-17-12-14(21)6-8-19(17)28-2/h6-9,12-13,22H,3-5,10-11H2,1-2H3. The van der Waals surface area contributed by atoms with Gasteiger partial charge in [0, 0.05) is 18.1 Å². The summed E-state index contributed by atoms with van der Waals surface area (Å²) < 4.78 is 38.9. The minimum absolute atomic E-state index is 0.0549. The molecule has 2 aromatic rings. The zero-order valence-electron chi connectivity index (χ0n) is 16.3. The summed E-state index contributed by atoms with van der Waals surface area (Å²) in [5.74, 6) is 0.426. The second-order valence-electron chi connectivity index (χ2n) is 6.67. The third kappa shape index (κ3) is 4.76. The molecule has 0 aromatic heterocycles. The average Bonchev–Trinajstić information content (AvgIpc) is 2.73. The number of carbonyl (C=O) groups excluding carboxylic acids is 1. The van der Waals surface area contributed by atoms with E-state index in [1.807, 2.05) is 0 Å². The first-order chi connectivity index (χ1) is 13.9. The van der Waals surface area contributed by atoms with Crippen LogP contribution >= 0.6 is 11.6 Å². The van der Waals surface area contributed by atoms with Crippen molar-refractivity contribution in [2.75, 3.05) is 32.0 Å². The van der Waals surface area contributed by atoms with Crippen molar-refractivity contribution in [3.05, 3.63) is 47.0 Å². The Balaban J connectivity index is 1.95. The molecule has 0 spiro atoms. The Morgan fingerprint density at radius 1 is 1.00 bits per heavy atom. The highest BCUT2D eigenvalue weighted by molar-refractivity contribution is 7.92. The lowest BCUT2D eigenvalue weighted by atomic mass is 10.1. The van der Waals surface area contributed by atoms with Crippen molar-refractivity contribution in [1.82, 2.24) is 4.90 Å². The lowest BCUT2D eigenvalue weighted by molar-refractivity contribution is 0.0720. The fraction of sp³-hybridized carbons (Fsp3) is 0.350. The average molecular weight is 439 g/mol. The van der Waals surface area contributed by atoms with Crippen LogP contribution < -0.4 is 14.2 Å². The molecule has 0 atom stereocenters. The van der Waals surface area contributed by atoms with Gasteiger partial charge in [0.1, 0.15) is 11.5 Å². The number of piperidine rings is 1. The quantitative estimate of drug-likeness (QED) is 0.741. The van der Waals surface area contributed by atoms with Crippen molar-refractivity contribution in [1.29, 1.82) is 0 Å². The largest absolute Gasteiger partial charge is 0.496 e. The maximum atomic E-state index is 13.0. The molecule has 7 nitrogen and oxygen atoms in total. The number of nitrogens with zero attached hydrogens (tertiary/aromatic N) is 1. The number of methoxy groups -OCH3 is 2. The van der Waals surface area contributed by atoms with Gasteiger partial charge in [0.25, 0.3) is 15.9 Å². The fourth-order valence-corrected chi connectivity index (χ4v) is 4.51. The van der Waals surface area contributed by atoms with Gasteiger partial charge in [-0.15, -0.1) is 0 Å². The van der Waals surface area contributed by atoms with Gasteiger partial charge in [0.2, 0.25) is 0 Å². The molecule has 2 aromatic carbocycles. The molecule has 0 saturated carbocycles. The lowest BCUT2D eigenvalue weighted by Crippen LogP contribution is -2.35. The van der Waals surface area contributed by atoms with Gasteiger partial charge in [-0.05, 0) is 55.7 Å². The number of hydrogen-bond acceptors (Lipinski definition) is 5. The molecule has 9 heteroatoms. The monoisotopic (exact) mass is 438 g/mol. The van der Waals surface area contributed by atoms with Crippen molar-refractivity contribution in [3.8, 4) is 11.5 Å². The number of benzene rings is 2. The number of ether oxygens (including phenoxy) is 2. The van der Waals surface area contributed by atoms with E-state index >= 15 is 0 Å². The summed E-state index contributed by atoms with van der Waals surface area (Å²) in [5.41, 5.74) is 0.426. The summed E-state index contributed by atoms with van der Waals surface area (Å²) in [7, 11) is -1.11. The number of hydrogen-bond donors (Lipinski definition) is 1. The molecule has 1 heterocycles. The van der Waals surface area contributed by atoms with Gasteiger partial charge in [-0.3, -0.25) is 9.52 Å². The highest BCUT2D eigenvalue weighted by Crippen LogP contribution is 2.31. The number of nitrogens with one attached hydrogen (secondary N) is 1. The SMILES string of the molecule is COc1ccc(Cl)cc1NS(=O)(=O)c1ccc(OC)c(C(=O)N2CCCCC2)c1. The molecular weight excluding hydrogens is 416 g/mol. The smallest absolute Gasteiger partial charge is 0.262 e. The van der Waals surface area contributed by atoms with E-state index in [0.29, 0.717) is 29.6 Å². The molecule has 1 aliphatic rings. The molecule has 29 heavy (non-hydrogen) atoms. The van der Waals surface area contributed by atoms with Crippen LogP contribution in [0.3, 0.4) is 0 Å². The third-order valence-electron chi connectivity index (χ3n) is 4.76. The van der Waals surface area contributed by atoms with Gasteiger partial charge in [-0.1, -0.05) is 11.6 Å². The first-order valence-corrected chi connectivity index (χ1v) is 11.1. The van der Waals surface area contributed by atoms with Gasteiger partial charge < -0.3 is 14.4 Å². The number of carbonyl (C=O) groups is 1. The summed E-state index contributed by atoms with van der Waals surface area (Å²) >= 11 is 5.98. The van der Waals surface area contributed by atoms with E-state index < -0.39 is 10.0 Å². The molecule has 3 rings (SSSR count). The number of amides is 1. The summed E-state index contributed by atoms with van der Waals surface area (Å²) in [6, 6.07) is 8.85. The Morgan fingerprint density at radius 3 is 2.31 bits per heavy atom. The summed E-state index contributed by atoms with van der Waals surface area (Å²) in [5, 5.41) is 0.360. The minimum Gasteiger partial charge on any atom is -0.496 e. The molecule has 0 radical (unpaired) electrons. The van der Waals surface area contributed by atoms with Crippen LogP contribution in [0, 0.1) is 0 Å². The van der Waals surface area contributed by atoms with E-state index in [9.17, 15) is 13.2 Å². The third-order valence-corrected chi connectivity index (χ3v) is 6.36. The number of halogens is 1. The van der Waals surface area contributed by atoms with E-state index in [1.54, 1.807) is 17.0 Å². The van der Waals surface area contributed by atoms with Gasteiger partial charge in [-0.25, -0.2) is 8.42 Å². The van der Waals surface area contributed by atoms with E-state index in [2.05, 4.69) is 4.72 Å². The molecular formula is C20H23ClN2O5S. The predicted molar refractivity (Wildman–Crippen MR) is 112 cm³/mol. The van der Waals surface area contributed by atoms with Crippen LogP contribution in [-0.4, -0.2) is 46.5 Å². The predicted octanol–water partition coefficient (Wildman–Crippen LogP) is 3.78. The second-order valence-corrected chi connectivity index (χ2v) is 8.78. The Labute approximate surface area is 175 Å². The zero-order valence-corrected chi connectivity index (χ0v) is 17.8. The molecule has 1 amide bonds. The highest BCUT2D eigenvalue weighted by Gasteiger charge is 2.25. The summed E-state index contributed by atoms with van der Waals surface area (Å²) in [6.45, 7) is 1.30. The van der Waals surface area contributed by atoms with Crippen LogP contribution in [0.25, 0.3) is 0 Å². The molecule has 0 unspecified atom stereocenters. The molecule has 0 bridgehead atoms. The molecule has 0 aliphatic carbocycles. The summed E-state index contributed by atoms with van der Waals surface area (Å²) in [6.07, 6.45) is 2.95. The first-order valence-electron chi connectivity index (χ1n) is 9.19. The van der Waals surface area contributed by atoms with Crippen molar-refractivity contribution in [2.45, 2.75) is 24.2 Å². The van der Waals surface area contributed by atoms with Crippen LogP contribution in [0.4, 0.5) is 5.69 Å². The number of rotatable bonds is 6. The van der Waals surface area contributed by atoms with E-state index in [0.717, 1.165) is 19.3 Å². The molecule has 1 aliphatic heterocycles. The topological polar surface area (TPSA) is 84.9 Å². The molecule has 1 N–H and O–H groups in total. The Bertz CT molecular complexity index is 1000. The van der Waals surface area contributed by atoms with E-state index in [-0.39, 0.29) is 22.1 Å². The van der Waals surface area contributed by atoms with Crippen LogP contribution in [0.5, 0.6) is 11.5 Å². The normalized spacial score (nSPS) is 14.4. The Kier molecular flexibility index (Phi) is 6.54. The number of anilines is 1. The molecule has 1 fully saturated rings. The van der Waals surface area contributed by atoms with Gasteiger partial charge in [-0.2, -0.15) is 0 Å². The Hall–Kier alpha value is -2.45. The maximum absolute atomic E-state index is 13.0. The molecule has 156 valence electrons.